The van der Waals surface area contributed by atoms with Gasteiger partial charge in [0.1, 0.15) is 10.7 Å². The van der Waals surface area contributed by atoms with Crippen LogP contribution in [0.3, 0.4) is 0 Å². The number of hydrogen-bond acceptors (Lipinski definition) is 5. The van der Waals surface area contributed by atoms with Crippen LogP contribution in [0.5, 0.6) is 0 Å². The fourth-order valence-corrected chi connectivity index (χ4v) is 4.10. The van der Waals surface area contributed by atoms with Crippen molar-refractivity contribution < 1.29 is 24.6 Å². The molecule has 9 heteroatoms. The van der Waals surface area contributed by atoms with Crippen molar-refractivity contribution in [2.24, 2.45) is 7.05 Å². The Labute approximate surface area is 140 Å². The lowest BCUT2D eigenvalue weighted by Crippen LogP contribution is -2.15. The van der Waals surface area contributed by atoms with E-state index in [2.05, 4.69) is 10.4 Å². The quantitative estimate of drug-likeness (QED) is 0.776. The Morgan fingerprint density at radius 2 is 1.92 bits per heavy atom. The molecular weight excluding hydrogens is 334 g/mol. The van der Waals surface area contributed by atoms with Crippen molar-refractivity contribution in [2.45, 2.75) is 25.7 Å². The summed E-state index contributed by atoms with van der Waals surface area (Å²) in [4.78, 5) is 35.9. The van der Waals surface area contributed by atoms with Gasteiger partial charge in [-0.3, -0.25) is 9.48 Å². The molecule has 3 rings (SSSR count). The highest BCUT2D eigenvalue weighted by atomic mass is 32.1. The number of hydrogen-bond donors (Lipinski definition) is 3. The molecule has 1 aliphatic rings. The summed E-state index contributed by atoms with van der Waals surface area (Å²) in [5.74, 6) is -2.89. The molecule has 24 heavy (non-hydrogen) atoms. The van der Waals surface area contributed by atoms with Crippen LogP contribution in [0.2, 0.25) is 0 Å². The zero-order valence-electron chi connectivity index (χ0n) is 12.8. The highest BCUT2D eigenvalue weighted by Gasteiger charge is 2.27. The fourth-order valence-electron chi connectivity index (χ4n) is 2.83. The van der Waals surface area contributed by atoms with E-state index in [1.807, 2.05) is 0 Å². The van der Waals surface area contributed by atoms with E-state index in [-0.39, 0.29) is 22.0 Å². The SMILES string of the molecule is Cn1nc(C(=O)Nc2sc3c(c2C(=O)O)CCCC3)cc1C(=O)O. The van der Waals surface area contributed by atoms with Crippen molar-refractivity contribution in [3.63, 3.8) is 0 Å². The van der Waals surface area contributed by atoms with E-state index in [0.29, 0.717) is 6.42 Å². The van der Waals surface area contributed by atoms with Crippen molar-refractivity contribution in [3.8, 4) is 0 Å². The van der Waals surface area contributed by atoms with Crippen LogP contribution in [0.4, 0.5) is 5.00 Å². The summed E-state index contributed by atoms with van der Waals surface area (Å²) in [5.41, 5.74) is 0.737. The highest BCUT2D eigenvalue weighted by Crippen LogP contribution is 2.38. The molecule has 2 heterocycles. The number of nitrogens with zero attached hydrogens (tertiary/aromatic N) is 2. The van der Waals surface area contributed by atoms with Gasteiger partial charge in [0.2, 0.25) is 0 Å². The minimum atomic E-state index is -1.19. The molecule has 0 aromatic carbocycles. The molecule has 0 bridgehead atoms. The second-order valence-electron chi connectivity index (χ2n) is 5.52. The summed E-state index contributed by atoms with van der Waals surface area (Å²) in [6.07, 6.45) is 3.43. The first-order chi connectivity index (χ1) is 11.4. The van der Waals surface area contributed by atoms with Crippen LogP contribution in [-0.2, 0) is 19.9 Å². The number of aromatic carboxylic acids is 2. The van der Waals surface area contributed by atoms with Gasteiger partial charge < -0.3 is 15.5 Å². The molecule has 0 fully saturated rings. The first kappa shape index (κ1) is 16.2. The Balaban J connectivity index is 1.92. The third-order valence-corrected chi connectivity index (χ3v) is 5.15. The van der Waals surface area contributed by atoms with Crippen molar-refractivity contribution in [1.82, 2.24) is 9.78 Å². The number of fused-ring (bicyclic) bond motifs is 1. The lowest BCUT2D eigenvalue weighted by molar-refractivity contribution is 0.0678. The predicted molar refractivity (Wildman–Crippen MR) is 86.0 cm³/mol. The molecule has 0 unspecified atom stereocenters. The Hall–Kier alpha value is -2.68. The third-order valence-electron chi connectivity index (χ3n) is 3.94. The van der Waals surface area contributed by atoms with Crippen LogP contribution in [0, 0.1) is 0 Å². The van der Waals surface area contributed by atoms with E-state index in [1.165, 1.54) is 18.4 Å². The Kier molecular flexibility index (Phi) is 4.10. The van der Waals surface area contributed by atoms with E-state index in [4.69, 9.17) is 5.11 Å². The van der Waals surface area contributed by atoms with Gasteiger partial charge in [0.15, 0.2) is 5.69 Å². The van der Waals surface area contributed by atoms with Crippen molar-refractivity contribution in [2.75, 3.05) is 5.32 Å². The van der Waals surface area contributed by atoms with E-state index in [1.54, 1.807) is 0 Å². The van der Waals surface area contributed by atoms with E-state index >= 15 is 0 Å². The van der Waals surface area contributed by atoms with Crippen LogP contribution < -0.4 is 5.32 Å². The van der Waals surface area contributed by atoms with Gasteiger partial charge >= 0.3 is 11.9 Å². The molecule has 126 valence electrons. The van der Waals surface area contributed by atoms with Gasteiger partial charge in [0.05, 0.1) is 5.56 Å². The first-order valence-electron chi connectivity index (χ1n) is 7.35. The zero-order valence-corrected chi connectivity index (χ0v) is 13.6. The molecule has 1 aliphatic carbocycles. The fraction of sp³-hybridized carbons (Fsp3) is 0.333. The number of aryl methyl sites for hydroxylation is 2. The van der Waals surface area contributed by atoms with Crippen molar-refractivity contribution in [1.29, 1.82) is 0 Å². The Morgan fingerprint density at radius 3 is 2.54 bits per heavy atom. The Bertz CT molecular complexity index is 852. The highest BCUT2D eigenvalue weighted by molar-refractivity contribution is 7.17. The van der Waals surface area contributed by atoms with Crippen molar-refractivity contribution >= 4 is 34.2 Å². The number of anilines is 1. The maximum Gasteiger partial charge on any atom is 0.354 e. The number of thiophene rings is 1. The van der Waals surface area contributed by atoms with Gasteiger partial charge in [-0.1, -0.05) is 0 Å². The van der Waals surface area contributed by atoms with Gasteiger partial charge in [0, 0.05) is 18.0 Å². The molecule has 0 atom stereocenters. The summed E-state index contributed by atoms with van der Waals surface area (Å²) >= 11 is 1.27. The second-order valence-corrected chi connectivity index (χ2v) is 6.62. The molecule has 1 amide bonds. The molecule has 0 aliphatic heterocycles. The molecule has 2 aromatic heterocycles. The monoisotopic (exact) mass is 349 g/mol. The largest absolute Gasteiger partial charge is 0.478 e. The van der Waals surface area contributed by atoms with Crippen LogP contribution in [0.1, 0.15) is 54.6 Å². The third kappa shape index (κ3) is 2.78. The summed E-state index contributed by atoms with van der Waals surface area (Å²) in [7, 11) is 1.42. The number of amides is 1. The summed E-state index contributed by atoms with van der Waals surface area (Å²) in [5, 5.41) is 25.2. The topological polar surface area (TPSA) is 122 Å². The number of rotatable bonds is 4. The molecule has 0 radical (unpaired) electrons. The second kappa shape index (κ2) is 6.08. The average Bonchev–Trinajstić information content (AvgIpc) is 3.07. The Morgan fingerprint density at radius 1 is 1.21 bits per heavy atom. The average molecular weight is 349 g/mol. The molecule has 0 spiro atoms. The van der Waals surface area contributed by atoms with E-state index in [0.717, 1.165) is 40.5 Å². The minimum absolute atomic E-state index is 0.0717. The standard InChI is InChI=1S/C15H15N3O5S/c1-18-9(14(20)21)6-8(17-18)12(19)16-13-11(15(22)23)7-4-2-3-5-10(7)24-13/h6H,2-5H2,1H3,(H,16,19)(H,20,21)(H,22,23). The van der Waals surface area contributed by atoms with Crippen LogP contribution in [-0.4, -0.2) is 37.8 Å². The molecule has 0 saturated carbocycles. The first-order valence-corrected chi connectivity index (χ1v) is 8.16. The number of carboxylic acids is 2. The van der Waals surface area contributed by atoms with Crippen LogP contribution in [0.15, 0.2) is 6.07 Å². The molecule has 0 saturated heterocycles. The number of carboxylic acid groups (broad SMARTS) is 2. The van der Waals surface area contributed by atoms with Gasteiger partial charge in [-0.2, -0.15) is 5.10 Å². The predicted octanol–water partition coefficient (Wildman–Crippen LogP) is 2.01. The van der Waals surface area contributed by atoms with Crippen molar-refractivity contribution in [3.05, 3.63) is 33.5 Å². The number of carbonyl (C=O) groups is 3. The molecule has 2 aromatic rings. The summed E-state index contributed by atoms with van der Waals surface area (Å²) in [6.45, 7) is 0. The number of carbonyl (C=O) groups excluding carboxylic acids is 1. The zero-order chi connectivity index (χ0) is 17.4. The van der Waals surface area contributed by atoms with E-state index in [9.17, 15) is 19.5 Å². The molecular formula is C15H15N3O5S. The normalized spacial score (nSPS) is 13.4. The lowest BCUT2D eigenvalue weighted by Gasteiger charge is -2.10. The minimum Gasteiger partial charge on any atom is -0.478 e. The summed E-state index contributed by atoms with van der Waals surface area (Å²) < 4.78 is 1.09. The van der Waals surface area contributed by atoms with Gasteiger partial charge in [0.25, 0.3) is 5.91 Å². The van der Waals surface area contributed by atoms with Crippen LogP contribution in [0.25, 0.3) is 0 Å². The van der Waals surface area contributed by atoms with Gasteiger partial charge in [-0.15, -0.1) is 11.3 Å². The number of aromatic nitrogens is 2. The molecule has 8 nitrogen and oxygen atoms in total. The maximum atomic E-state index is 12.3. The van der Waals surface area contributed by atoms with Gasteiger partial charge in [-0.05, 0) is 31.2 Å². The van der Waals surface area contributed by atoms with E-state index < -0.39 is 17.8 Å². The maximum absolute atomic E-state index is 12.3. The number of nitrogens with one attached hydrogen (secondary N) is 1. The smallest absolute Gasteiger partial charge is 0.354 e. The summed E-state index contributed by atoms with van der Waals surface area (Å²) in [6, 6.07) is 1.16. The lowest BCUT2D eigenvalue weighted by atomic mass is 9.95. The molecule has 3 N–H and O–H groups in total. The van der Waals surface area contributed by atoms with Crippen LogP contribution >= 0.6 is 11.3 Å². The van der Waals surface area contributed by atoms with Gasteiger partial charge in [-0.25, -0.2) is 9.59 Å².